The van der Waals surface area contributed by atoms with Crippen molar-refractivity contribution in [2.45, 2.75) is 97.0 Å². The Kier molecular flexibility index (Phi) is 9.21. The number of ether oxygens (including phenoxy) is 5. The van der Waals surface area contributed by atoms with E-state index in [-0.39, 0.29) is 0 Å². The normalized spacial score (nSPS) is 48.8. The lowest BCUT2D eigenvalue weighted by Gasteiger charge is -2.49. The van der Waals surface area contributed by atoms with Crippen LogP contribution in [0.4, 0.5) is 0 Å². The van der Waals surface area contributed by atoms with Crippen molar-refractivity contribution in [3.05, 3.63) is 0 Å². The fourth-order valence-corrected chi connectivity index (χ4v) is 5.15. The maximum Gasteiger partial charge on any atom is 0.335 e. The number of hydrogen-bond acceptors (Lipinski definition) is 10. The van der Waals surface area contributed by atoms with Crippen molar-refractivity contribution in [2.75, 3.05) is 0 Å². The fourth-order valence-electron chi connectivity index (χ4n) is 5.15. The molecule has 13 heteroatoms. The van der Waals surface area contributed by atoms with E-state index in [1.807, 2.05) is 0 Å². The van der Waals surface area contributed by atoms with Gasteiger partial charge < -0.3 is 49.2 Å². The molecule has 0 aliphatic carbocycles. The molecular formula is C24H38O13. The fraction of sp³-hybridized carbons (Fsp3) is 0.875. The standard InChI is InChI=1S/C24H38O13/c1-7-11(5)23(36-16(13(7)25)19(26)27)35-15-9(3)12(6)24(37-18(15)21(30)31)34-14-8(2)10(4)22(32)33-17(14)20(28)29/h7-18,22-25,32H,1-6H3,(H,26,27)(H,28,29)(H,30,31)/t7-,8-,9-,10-,11-,12-,13-,14-,15-,16?,17?,18?,22?,23?,24?/m0/s1. The number of hydrogen-bond donors (Lipinski definition) is 5. The van der Waals surface area contributed by atoms with Gasteiger partial charge in [0.05, 0.1) is 6.10 Å². The molecule has 3 rings (SSSR count). The lowest BCUT2D eigenvalue weighted by molar-refractivity contribution is -0.341. The first-order valence-corrected chi connectivity index (χ1v) is 12.5. The molecule has 0 saturated carbocycles. The van der Waals surface area contributed by atoms with Crippen molar-refractivity contribution in [2.24, 2.45) is 35.5 Å². The Labute approximate surface area is 214 Å². The second kappa shape index (κ2) is 11.5. The topological polar surface area (TPSA) is 199 Å². The van der Waals surface area contributed by atoms with Gasteiger partial charge >= 0.3 is 17.9 Å². The highest BCUT2D eigenvalue weighted by Gasteiger charge is 2.53. The summed E-state index contributed by atoms with van der Waals surface area (Å²) in [5.41, 5.74) is 0. The van der Waals surface area contributed by atoms with Gasteiger partial charge in [-0.1, -0.05) is 41.5 Å². The van der Waals surface area contributed by atoms with Crippen LogP contribution in [-0.2, 0) is 38.1 Å². The molecule has 0 aromatic carbocycles. The monoisotopic (exact) mass is 534 g/mol. The summed E-state index contributed by atoms with van der Waals surface area (Å²) in [6.45, 7) is 10.2. The molecule has 3 heterocycles. The summed E-state index contributed by atoms with van der Waals surface area (Å²) in [7, 11) is 0. The minimum atomic E-state index is -1.54. The third-order valence-corrected chi connectivity index (χ3v) is 8.44. The molecule has 212 valence electrons. The van der Waals surface area contributed by atoms with Gasteiger partial charge in [0.2, 0.25) is 0 Å². The van der Waals surface area contributed by atoms with Crippen LogP contribution in [0.2, 0.25) is 0 Å². The summed E-state index contributed by atoms with van der Waals surface area (Å²) < 4.78 is 28.7. The zero-order valence-corrected chi connectivity index (χ0v) is 21.7. The minimum absolute atomic E-state index is 0.451. The molecule has 3 fully saturated rings. The molecule has 0 aromatic rings. The molecule has 3 aliphatic rings. The predicted octanol–water partition coefficient (Wildman–Crippen LogP) is 0.355. The Hall–Kier alpha value is -1.87. The summed E-state index contributed by atoms with van der Waals surface area (Å²) in [6, 6.07) is 0. The van der Waals surface area contributed by atoms with Gasteiger partial charge in [0, 0.05) is 17.8 Å². The van der Waals surface area contributed by atoms with Crippen LogP contribution in [0.15, 0.2) is 0 Å². The van der Waals surface area contributed by atoms with E-state index in [0.717, 1.165) is 0 Å². The number of carboxylic acid groups (broad SMARTS) is 3. The third kappa shape index (κ3) is 5.77. The van der Waals surface area contributed by atoms with Crippen LogP contribution >= 0.6 is 0 Å². The smallest absolute Gasteiger partial charge is 0.335 e. The van der Waals surface area contributed by atoms with Gasteiger partial charge in [-0.25, -0.2) is 14.4 Å². The molecule has 37 heavy (non-hydrogen) atoms. The third-order valence-electron chi connectivity index (χ3n) is 8.44. The van der Waals surface area contributed by atoms with Gasteiger partial charge in [0.1, 0.15) is 12.2 Å². The average molecular weight is 535 g/mol. The molecule has 0 spiro atoms. The van der Waals surface area contributed by atoms with Crippen molar-refractivity contribution in [1.82, 2.24) is 0 Å². The van der Waals surface area contributed by atoms with Crippen LogP contribution < -0.4 is 0 Å². The second-order valence-corrected chi connectivity index (χ2v) is 10.7. The van der Waals surface area contributed by atoms with Crippen molar-refractivity contribution in [3.8, 4) is 0 Å². The molecule has 3 saturated heterocycles. The van der Waals surface area contributed by atoms with E-state index in [4.69, 9.17) is 23.7 Å². The van der Waals surface area contributed by atoms with E-state index in [1.54, 1.807) is 41.5 Å². The van der Waals surface area contributed by atoms with E-state index in [2.05, 4.69) is 0 Å². The summed E-state index contributed by atoms with van der Waals surface area (Å²) in [4.78, 5) is 35.6. The van der Waals surface area contributed by atoms with Crippen LogP contribution in [0.1, 0.15) is 41.5 Å². The van der Waals surface area contributed by atoms with Crippen LogP contribution in [0.25, 0.3) is 0 Å². The molecule has 0 aromatic heterocycles. The Balaban J connectivity index is 1.81. The van der Waals surface area contributed by atoms with Crippen LogP contribution in [-0.4, -0.2) is 98.9 Å². The van der Waals surface area contributed by atoms with Crippen LogP contribution in [0, 0.1) is 35.5 Å². The first kappa shape index (κ1) is 29.7. The van der Waals surface area contributed by atoms with Gasteiger partial charge in [-0.15, -0.1) is 0 Å². The minimum Gasteiger partial charge on any atom is -0.479 e. The molecular weight excluding hydrogens is 496 g/mol. The van der Waals surface area contributed by atoms with E-state index >= 15 is 0 Å². The number of aliphatic hydroxyl groups excluding tert-OH is 2. The Morgan fingerprint density at radius 3 is 1.38 bits per heavy atom. The van der Waals surface area contributed by atoms with E-state index in [9.17, 15) is 39.9 Å². The highest BCUT2D eigenvalue weighted by molar-refractivity contribution is 5.74. The lowest BCUT2D eigenvalue weighted by Crippen LogP contribution is -2.60. The number of carboxylic acids is 3. The van der Waals surface area contributed by atoms with Crippen molar-refractivity contribution in [3.63, 3.8) is 0 Å². The Morgan fingerprint density at radius 1 is 0.541 bits per heavy atom. The first-order valence-electron chi connectivity index (χ1n) is 12.5. The molecule has 0 radical (unpaired) electrons. The van der Waals surface area contributed by atoms with Gasteiger partial charge in [-0.05, 0) is 17.8 Å². The summed E-state index contributed by atoms with van der Waals surface area (Å²) in [5.74, 6) is -6.90. The Morgan fingerprint density at radius 2 is 0.919 bits per heavy atom. The number of rotatable bonds is 7. The van der Waals surface area contributed by atoms with Crippen LogP contribution in [0.3, 0.4) is 0 Å². The maximum atomic E-state index is 12.2. The molecule has 15 atom stereocenters. The van der Waals surface area contributed by atoms with Gasteiger partial charge in [-0.2, -0.15) is 0 Å². The molecule has 5 N–H and O–H groups in total. The highest BCUT2D eigenvalue weighted by atomic mass is 16.7. The quantitative estimate of drug-likeness (QED) is 0.300. The number of carbonyl (C=O) groups is 3. The van der Waals surface area contributed by atoms with Crippen molar-refractivity contribution < 1.29 is 63.6 Å². The first-order chi connectivity index (χ1) is 17.2. The van der Waals surface area contributed by atoms with Gasteiger partial charge in [0.15, 0.2) is 37.2 Å². The SMILES string of the molecule is C[C@H]1[C@H](C)C(O[C@@H]2C(C(=O)O)OC(O[C@@H]3C(C(=O)O)OC(O)[C@@H](C)[C@@H]3C)[C@@H](C)[C@@H]2C)OC(C(=O)O)[C@H]1O. The molecule has 13 nitrogen and oxygen atoms in total. The average Bonchev–Trinajstić information content (AvgIpc) is 2.82. The zero-order valence-electron chi connectivity index (χ0n) is 21.7. The molecule has 0 bridgehead atoms. The summed E-state index contributed by atoms with van der Waals surface area (Å²) >= 11 is 0. The summed E-state index contributed by atoms with van der Waals surface area (Å²) in [5, 5.41) is 49.4. The molecule has 3 aliphatic heterocycles. The highest BCUT2D eigenvalue weighted by Crippen LogP contribution is 2.40. The Bertz CT molecular complexity index is 850. The largest absolute Gasteiger partial charge is 0.479 e. The predicted molar refractivity (Wildman–Crippen MR) is 122 cm³/mol. The lowest BCUT2D eigenvalue weighted by atomic mass is 9.82. The van der Waals surface area contributed by atoms with Gasteiger partial charge in [0.25, 0.3) is 0 Å². The number of aliphatic carboxylic acids is 3. The summed E-state index contributed by atoms with van der Waals surface area (Å²) in [6.07, 6.45) is -11.5. The molecule has 6 unspecified atom stereocenters. The van der Waals surface area contributed by atoms with Crippen molar-refractivity contribution >= 4 is 17.9 Å². The van der Waals surface area contributed by atoms with Crippen molar-refractivity contribution in [1.29, 1.82) is 0 Å². The van der Waals surface area contributed by atoms with Gasteiger partial charge in [-0.3, -0.25) is 0 Å². The zero-order chi connectivity index (χ0) is 27.9. The maximum absolute atomic E-state index is 12.2. The second-order valence-electron chi connectivity index (χ2n) is 10.7. The van der Waals surface area contributed by atoms with E-state index < -0.39 is 109 Å². The van der Waals surface area contributed by atoms with Crippen LogP contribution in [0.5, 0.6) is 0 Å². The van der Waals surface area contributed by atoms with E-state index in [0.29, 0.717) is 0 Å². The number of aliphatic hydroxyl groups is 2. The van der Waals surface area contributed by atoms with E-state index in [1.165, 1.54) is 0 Å². The molecule has 0 amide bonds.